The Morgan fingerprint density at radius 1 is 1.13 bits per heavy atom. The third-order valence-electron chi connectivity index (χ3n) is 6.39. The molecule has 3 aromatic rings. The fourth-order valence-electron chi connectivity index (χ4n) is 4.42. The number of thiophene rings is 1. The number of benzene rings is 1. The number of pyridine rings is 1. The molecule has 2 aromatic heterocycles. The van der Waals surface area contributed by atoms with E-state index in [1.165, 1.54) is 28.0 Å². The number of hydrogen-bond donors (Lipinski definition) is 2. The average Bonchev–Trinajstić information content (AvgIpc) is 3.44. The van der Waals surface area contributed by atoms with Crippen LogP contribution in [0.4, 0.5) is 17.2 Å². The van der Waals surface area contributed by atoms with Crippen molar-refractivity contribution >= 4 is 58.1 Å². The van der Waals surface area contributed by atoms with Crippen molar-refractivity contribution < 1.29 is 24.1 Å². The van der Waals surface area contributed by atoms with Gasteiger partial charge in [-0.05, 0) is 46.9 Å². The Kier molecular flexibility index (Phi) is 7.75. The van der Waals surface area contributed by atoms with E-state index in [0.717, 1.165) is 10.6 Å². The molecule has 0 bridgehead atoms. The molecule has 0 spiro atoms. The molecule has 0 saturated carbocycles. The van der Waals surface area contributed by atoms with Crippen molar-refractivity contribution in [3.05, 3.63) is 82.3 Å². The van der Waals surface area contributed by atoms with Crippen LogP contribution in [0, 0.1) is 0 Å². The molecule has 5 rings (SSSR count). The summed E-state index contributed by atoms with van der Waals surface area (Å²) < 4.78 is 1.81. The number of hydrogen-bond acceptors (Lipinski definition) is 8. The van der Waals surface area contributed by atoms with Gasteiger partial charge in [0.1, 0.15) is 29.3 Å². The van der Waals surface area contributed by atoms with Crippen molar-refractivity contribution in [2.45, 2.75) is 24.4 Å². The zero-order valence-electron chi connectivity index (χ0n) is 21.4. The van der Waals surface area contributed by atoms with Crippen LogP contribution >= 0.6 is 23.1 Å². The molecule has 2 unspecified atom stereocenters. The molecule has 1 aromatic carbocycles. The molecule has 2 N–H and O–H groups in total. The van der Waals surface area contributed by atoms with E-state index in [4.69, 9.17) is 0 Å². The molecule has 2 aliphatic rings. The molecule has 200 valence electrons. The second kappa shape index (κ2) is 11.4. The standard InChI is InChI=1S/C27H26N6O4S2/c1-31(2)19-10-8-18(9-11-19)29-30-21-7-3-4-12-32(21)15-17-16-39-26-23(25(35)33(26)24(17)27(36)37)28-22(34)14-20-6-5-13-38-20/h3-13,23,26H,14-16H2,1-2H3,(H-,28,34,36,37)/p+1. The maximum Gasteiger partial charge on any atom is 0.352 e. The Morgan fingerprint density at radius 2 is 1.92 bits per heavy atom. The van der Waals surface area contributed by atoms with Crippen LogP contribution in [0.3, 0.4) is 0 Å². The fraction of sp³-hybridized carbons (Fsp3) is 0.259. The molecule has 2 amide bonds. The number of azo groups is 1. The summed E-state index contributed by atoms with van der Waals surface area (Å²) in [6.45, 7) is 0.231. The Hall–Kier alpha value is -4.03. The van der Waals surface area contributed by atoms with Crippen molar-refractivity contribution in [1.82, 2.24) is 10.2 Å². The Bertz CT molecular complexity index is 1450. The van der Waals surface area contributed by atoms with Gasteiger partial charge in [0.25, 0.3) is 5.91 Å². The van der Waals surface area contributed by atoms with Gasteiger partial charge in [-0.1, -0.05) is 12.1 Å². The first-order valence-electron chi connectivity index (χ1n) is 12.2. The summed E-state index contributed by atoms with van der Waals surface area (Å²) in [5.74, 6) is -0.896. The number of carbonyl (C=O) groups is 3. The topological polar surface area (TPSA) is 119 Å². The van der Waals surface area contributed by atoms with Gasteiger partial charge in [-0.15, -0.1) is 23.1 Å². The number of aromatic nitrogens is 1. The molecular weight excluding hydrogens is 536 g/mol. The molecule has 2 atom stereocenters. The van der Waals surface area contributed by atoms with Gasteiger partial charge in [-0.3, -0.25) is 14.5 Å². The first-order chi connectivity index (χ1) is 18.8. The van der Waals surface area contributed by atoms with Crippen LogP contribution in [0.15, 0.2) is 87.7 Å². The van der Waals surface area contributed by atoms with E-state index in [9.17, 15) is 19.5 Å². The third kappa shape index (κ3) is 5.71. The van der Waals surface area contributed by atoms with Gasteiger partial charge in [-0.25, -0.2) is 9.36 Å². The third-order valence-corrected chi connectivity index (χ3v) is 8.61. The lowest BCUT2D eigenvalue weighted by Gasteiger charge is -2.49. The van der Waals surface area contributed by atoms with Crippen molar-refractivity contribution in [3.63, 3.8) is 0 Å². The summed E-state index contributed by atoms with van der Waals surface area (Å²) >= 11 is 2.92. The van der Waals surface area contributed by atoms with Crippen LogP contribution in [0.1, 0.15) is 4.88 Å². The van der Waals surface area contributed by atoms with Crippen LogP contribution < -0.4 is 14.8 Å². The van der Waals surface area contributed by atoms with Gasteiger partial charge in [0.2, 0.25) is 5.91 Å². The Labute approximate surface area is 233 Å². The van der Waals surface area contributed by atoms with Gasteiger partial charge >= 0.3 is 11.8 Å². The second-order valence-corrected chi connectivity index (χ2v) is 11.4. The smallest absolute Gasteiger partial charge is 0.352 e. The van der Waals surface area contributed by atoms with Crippen molar-refractivity contribution in [1.29, 1.82) is 0 Å². The van der Waals surface area contributed by atoms with E-state index < -0.39 is 23.3 Å². The van der Waals surface area contributed by atoms with E-state index >= 15 is 0 Å². The number of nitrogens with one attached hydrogen (secondary N) is 1. The summed E-state index contributed by atoms with van der Waals surface area (Å²) in [5.41, 5.74) is 2.29. The number of fused-ring (bicyclic) bond motifs is 1. The summed E-state index contributed by atoms with van der Waals surface area (Å²) in [6.07, 6.45) is 1.99. The fourth-order valence-corrected chi connectivity index (χ4v) is 6.46. The molecule has 39 heavy (non-hydrogen) atoms. The van der Waals surface area contributed by atoms with Crippen LogP contribution in [-0.4, -0.2) is 59.1 Å². The number of carbonyl (C=O) groups excluding carboxylic acids is 2. The summed E-state index contributed by atoms with van der Waals surface area (Å²) in [5, 5.41) is 23.0. The number of β-lactam (4-membered cyclic amide) rings is 1. The van der Waals surface area contributed by atoms with E-state index in [2.05, 4.69) is 15.5 Å². The largest absolute Gasteiger partial charge is 0.477 e. The number of anilines is 1. The normalized spacial score (nSPS) is 18.6. The maximum atomic E-state index is 13.0. The predicted octanol–water partition coefficient (Wildman–Crippen LogP) is 3.50. The van der Waals surface area contributed by atoms with Gasteiger partial charge in [0.05, 0.1) is 17.7 Å². The number of carboxylic acid groups (broad SMARTS) is 1. The number of thioether (sulfide) groups is 1. The molecule has 4 heterocycles. The lowest BCUT2D eigenvalue weighted by Crippen LogP contribution is -2.70. The minimum Gasteiger partial charge on any atom is -0.477 e. The predicted molar refractivity (Wildman–Crippen MR) is 149 cm³/mol. The summed E-state index contributed by atoms with van der Waals surface area (Å²) in [4.78, 5) is 42.0. The molecule has 0 radical (unpaired) electrons. The number of nitrogens with zero attached hydrogens (tertiary/aromatic N) is 5. The molecule has 2 aliphatic heterocycles. The quantitative estimate of drug-likeness (QED) is 0.234. The number of aliphatic carboxylic acids is 1. The lowest BCUT2D eigenvalue weighted by molar-refractivity contribution is -0.676. The highest BCUT2D eigenvalue weighted by Gasteiger charge is 2.54. The van der Waals surface area contributed by atoms with Gasteiger partial charge in [0.15, 0.2) is 0 Å². The van der Waals surface area contributed by atoms with Gasteiger partial charge < -0.3 is 15.3 Å². The first kappa shape index (κ1) is 26.6. The molecule has 1 fully saturated rings. The van der Waals surface area contributed by atoms with Crippen LogP contribution in [0.5, 0.6) is 0 Å². The number of rotatable bonds is 9. The minimum atomic E-state index is -1.17. The van der Waals surface area contributed by atoms with Gasteiger partial charge in [0, 0.05) is 42.1 Å². The maximum absolute atomic E-state index is 13.0. The SMILES string of the molecule is CN(C)c1ccc(N=Nc2cccc[n+]2CC2=C(C(=O)O)N3C(=O)C(NC(=O)Cc4cccs4)C3SC2)cc1. The molecule has 1 saturated heterocycles. The minimum absolute atomic E-state index is 0.0361. The average molecular weight is 564 g/mol. The lowest BCUT2D eigenvalue weighted by atomic mass is 10.0. The zero-order valence-corrected chi connectivity index (χ0v) is 23.0. The first-order valence-corrected chi connectivity index (χ1v) is 14.1. The highest BCUT2D eigenvalue weighted by molar-refractivity contribution is 8.00. The van der Waals surface area contributed by atoms with Crippen molar-refractivity contribution in [2.24, 2.45) is 10.2 Å². The Balaban J connectivity index is 1.32. The van der Waals surface area contributed by atoms with E-state index in [0.29, 0.717) is 22.8 Å². The van der Waals surface area contributed by atoms with E-state index in [1.54, 1.807) is 16.8 Å². The van der Waals surface area contributed by atoms with Crippen LogP contribution in [0.25, 0.3) is 0 Å². The highest BCUT2D eigenvalue weighted by Crippen LogP contribution is 2.40. The van der Waals surface area contributed by atoms with Crippen LogP contribution in [-0.2, 0) is 27.3 Å². The van der Waals surface area contributed by atoms with Crippen molar-refractivity contribution in [2.75, 3.05) is 24.7 Å². The molecule has 0 aliphatic carbocycles. The molecule has 10 nitrogen and oxygen atoms in total. The van der Waals surface area contributed by atoms with Crippen LogP contribution in [0.2, 0.25) is 0 Å². The summed E-state index contributed by atoms with van der Waals surface area (Å²) in [6, 6.07) is 16.1. The molecular formula is C27H27N6O4S2+. The zero-order chi connectivity index (χ0) is 27.5. The van der Waals surface area contributed by atoms with Gasteiger partial charge in [-0.2, -0.15) is 0 Å². The monoisotopic (exact) mass is 563 g/mol. The number of carboxylic acids is 1. The Morgan fingerprint density at radius 3 is 2.62 bits per heavy atom. The highest BCUT2D eigenvalue weighted by atomic mass is 32.2. The summed E-state index contributed by atoms with van der Waals surface area (Å²) in [7, 11) is 3.93. The van der Waals surface area contributed by atoms with E-state index in [-0.39, 0.29) is 24.6 Å². The molecule has 12 heteroatoms. The number of amides is 2. The van der Waals surface area contributed by atoms with Crippen molar-refractivity contribution in [3.8, 4) is 0 Å². The van der Waals surface area contributed by atoms with E-state index in [1.807, 2.05) is 72.9 Å². The second-order valence-electron chi connectivity index (χ2n) is 9.27.